The zero-order valence-electron chi connectivity index (χ0n) is 18.9. The van der Waals surface area contributed by atoms with Crippen molar-refractivity contribution < 1.29 is 13.2 Å². The molecular weight excluding hydrogens is 500 g/mol. The van der Waals surface area contributed by atoms with E-state index in [0.717, 1.165) is 34.9 Å². The van der Waals surface area contributed by atoms with Crippen LogP contribution in [0.1, 0.15) is 29.5 Å². The number of benzene rings is 3. The van der Waals surface area contributed by atoms with E-state index in [1.54, 1.807) is 36.4 Å². The number of thioether (sulfide) groups is 1. The van der Waals surface area contributed by atoms with Crippen molar-refractivity contribution in [3.8, 4) is 5.75 Å². The van der Waals surface area contributed by atoms with Crippen LogP contribution in [0.5, 0.6) is 5.75 Å². The molecule has 0 saturated carbocycles. The highest BCUT2D eigenvalue weighted by Gasteiger charge is 2.38. The highest BCUT2D eigenvalue weighted by Crippen LogP contribution is 2.50. The second-order valence-corrected chi connectivity index (χ2v) is 12.4. The third-order valence-electron chi connectivity index (χ3n) is 6.89. The van der Waals surface area contributed by atoms with E-state index in [1.807, 2.05) is 17.8 Å². The first-order valence-electron chi connectivity index (χ1n) is 11.7. The van der Waals surface area contributed by atoms with Gasteiger partial charge in [-0.05, 0) is 78.1 Å². The van der Waals surface area contributed by atoms with Gasteiger partial charge < -0.3 is 10.1 Å². The lowest BCUT2D eigenvalue weighted by Crippen LogP contribution is -2.31. The maximum Gasteiger partial charge on any atom is 0.261 e. The molecule has 1 aliphatic carbocycles. The van der Waals surface area contributed by atoms with Crippen molar-refractivity contribution in [1.82, 2.24) is 0 Å². The average molecular weight is 525 g/mol. The van der Waals surface area contributed by atoms with Crippen molar-refractivity contribution in [3.05, 3.63) is 95.0 Å². The fraction of sp³-hybridized carbons (Fsp3) is 0.259. The summed E-state index contributed by atoms with van der Waals surface area (Å²) in [7, 11) is -3.73. The van der Waals surface area contributed by atoms with Gasteiger partial charge in [0.15, 0.2) is 0 Å². The Morgan fingerprint density at radius 3 is 2.49 bits per heavy atom. The summed E-state index contributed by atoms with van der Waals surface area (Å²) in [5.41, 5.74) is 3.68. The van der Waals surface area contributed by atoms with E-state index in [2.05, 4.69) is 46.5 Å². The molecule has 8 heteroatoms. The van der Waals surface area contributed by atoms with Crippen LogP contribution >= 0.6 is 23.4 Å². The molecule has 0 amide bonds. The van der Waals surface area contributed by atoms with Crippen LogP contribution in [0, 0.1) is 5.92 Å². The molecule has 5 nitrogen and oxygen atoms in total. The zero-order chi connectivity index (χ0) is 24.0. The summed E-state index contributed by atoms with van der Waals surface area (Å²) in [5, 5.41) is 4.24. The molecule has 3 atom stereocenters. The number of halogens is 1. The fourth-order valence-electron chi connectivity index (χ4n) is 5.03. The molecule has 3 aliphatic rings. The Morgan fingerprint density at radius 2 is 1.77 bits per heavy atom. The molecule has 0 aromatic heterocycles. The normalized spacial score (nSPS) is 23.1. The van der Waals surface area contributed by atoms with E-state index in [1.165, 1.54) is 5.56 Å². The molecule has 1 saturated heterocycles. The van der Waals surface area contributed by atoms with Crippen molar-refractivity contribution >= 4 is 44.8 Å². The zero-order valence-corrected chi connectivity index (χ0v) is 21.2. The van der Waals surface area contributed by atoms with Crippen molar-refractivity contribution in [2.24, 2.45) is 5.92 Å². The number of sulfonamides is 1. The molecule has 2 aliphatic heterocycles. The Hall–Kier alpha value is -2.61. The van der Waals surface area contributed by atoms with Gasteiger partial charge in [0.1, 0.15) is 11.9 Å². The molecule has 0 bridgehead atoms. The SMILES string of the molecule is O=S(=O)(Nc1ccc(Cl)cc1)c1ccc2c(c1)[C@H]1C=CC[C@H]1[C@@H](c1ccc(OC3CSC3)cc1)N2. The van der Waals surface area contributed by atoms with E-state index in [4.69, 9.17) is 16.3 Å². The lowest BCUT2D eigenvalue weighted by atomic mass is 9.77. The van der Waals surface area contributed by atoms with Gasteiger partial charge >= 0.3 is 0 Å². The number of rotatable bonds is 6. The molecular formula is C27H25ClN2O3S2. The Kier molecular flexibility index (Phi) is 5.95. The van der Waals surface area contributed by atoms with Gasteiger partial charge in [0, 0.05) is 33.8 Å². The first-order valence-corrected chi connectivity index (χ1v) is 14.7. The van der Waals surface area contributed by atoms with Gasteiger partial charge in [-0.2, -0.15) is 11.8 Å². The molecule has 0 spiro atoms. The van der Waals surface area contributed by atoms with Crippen LogP contribution in [-0.2, 0) is 10.0 Å². The second kappa shape index (κ2) is 9.12. The van der Waals surface area contributed by atoms with Crippen LogP contribution in [0.2, 0.25) is 5.02 Å². The van der Waals surface area contributed by atoms with Crippen LogP contribution in [0.15, 0.2) is 83.8 Å². The summed E-state index contributed by atoms with van der Waals surface area (Å²) in [6, 6.07) is 20.5. The molecule has 180 valence electrons. The van der Waals surface area contributed by atoms with Crippen LogP contribution < -0.4 is 14.8 Å². The van der Waals surface area contributed by atoms with Crippen molar-refractivity contribution in [2.45, 2.75) is 29.4 Å². The number of ether oxygens (including phenoxy) is 1. The van der Waals surface area contributed by atoms with Gasteiger partial charge in [0.2, 0.25) is 0 Å². The van der Waals surface area contributed by atoms with E-state index < -0.39 is 10.0 Å². The van der Waals surface area contributed by atoms with Crippen LogP contribution in [0.4, 0.5) is 11.4 Å². The minimum atomic E-state index is -3.73. The number of allylic oxidation sites excluding steroid dienone is 2. The van der Waals surface area contributed by atoms with Gasteiger partial charge in [0.25, 0.3) is 10.0 Å². The summed E-state index contributed by atoms with van der Waals surface area (Å²) in [4.78, 5) is 0.251. The van der Waals surface area contributed by atoms with E-state index >= 15 is 0 Å². The average Bonchev–Trinajstić information content (AvgIpc) is 3.33. The Bertz CT molecular complexity index is 1370. The van der Waals surface area contributed by atoms with E-state index in [0.29, 0.717) is 22.7 Å². The smallest absolute Gasteiger partial charge is 0.261 e. The maximum absolute atomic E-state index is 13.1. The summed E-state index contributed by atoms with van der Waals surface area (Å²) >= 11 is 7.83. The van der Waals surface area contributed by atoms with Crippen molar-refractivity contribution in [3.63, 3.8) is 0 Å². The summed E-state index contributed by atoms with van der Waals surface area (Å²) < 4.78 is 34.8. The van der Waals surface area contributed by atoms with Gasteiger partial charge in [-0.1, -0.05) is 35.9 Å². The van der Waals surface area contributed by atoms with Crippen molar-refractivity contribution in [1.29, 1.82) is 0 Å². The van der Waals surface area contributed by atoms with Crippen LogP contribution in [0.3, 0.4) is 0 Å². The Labute approximate surface area is 215 Å². The Balaban J connectivity index is 1.26. The van der Waals surface area contributed by atoms with Crippen molar-refractivity contribution in [2.75, 3.05) is 21.5 Å². The summed E-state index contributed by atoms with van der Waals surface area (Å²) in [6.45, 7) is 0. The number of anilines is 2. The van der Waals surface area contributed by atoms with Gasteiger partial charge in [-0.3, -0.25) is 4.72 Å². The highest BCUT2D eigenvalue weighted by atomic mass is 35.5. The minimum absolute atomic E-state index is 0.144. The monoisotopic (exact) mass is 524 g/mol. The summed E-state index contributed by atoms with van der Waals surface area (Å²) in [6.07, 6.45) is 5.69. The molecule has 0 radical (unpaired) electrons. The minimum Gasteiger partial charge on any atom is -0.489 e. The first kappa shape index (κ1) is 22.8. The number of nitrogens with one attached hydrogen (secondary N) is 2. The molecule has 2 N–H and O–H groups in total. The molecule has 0 unspecified atom stereocenters. The molecule has 1 fully saturated rings. The van der Waals surface area contributed by atoms with E-state index in [9.17, 15) is 8.42 Å². The first-order chi connectivity index (χ1) is 17.0. The second-order valence-electron chi connectivity index (χ2n) is 9.18. The number of hydrogen-bond donors (Lipinski definition) is 2. The van der Waals surface area contributed by atoms with Gasteiger partial charge in [-0.25, -0.2) is 8.42 Å². The lowest BCUT2D eigenvalue weighted by molar-refractivity contribution is 0.240. The number of hydrogen-bond acceptors (Lipinski definition) is 5. The highest BCUT2D eigenvalue weighted by molar-refractivity contribution is 8.00. The lowest BCUT2D eigenvalue weighted by Gasteiger charge is -2.37. The van der Waals surface area contributed by atoms with Crippen LogP contribution in [-0.4, -0.2) is 26.0 Å². The van der Waals surface area contributed by atoms with Gasteiger partial charge in [0.05, 0.1) is 10.9 Å². The Morgan fingerprint density at radius 1 is 1.00 bits per heavy atom. The standard InChI is InChI=1S/C27H25ClN2O3S2/c28-18-6-8-19(9-7-18)30-35(31,32)22-12-13-26-25(14-22)23-2-1-3-24(23)27(29-26)17-4-10-20(11-5-17)33-21-15-34-16-21/h1-2,4-14,21,23-24,27,29-30H,3,15-16H2/t23-,24+,27+/m0/s1. The van der Waals surface area contributed by atoms with E-state index in [-0.39, 0.29) is 16.9 Å². The fourth-order valence-corrected chi connectivity index (χ4v) is 6.81. The van der Waals surface area contributed by atoms with Gasteiger partial charge in [-0.15, -0.1) is 0 Å². The summed E-state index contributed by atoms with van der Waals surface area (Å²) in [5.74, 6) is 3.51. The van der Waals surface area contributed by atoms with Crippen LogP contribution in [0.25, 0.3) is 0 Å². The molecule has 6 rings (SSSR count). The molecule has 2 heterocycles. The molecule has 3 aromatic rings. The quantitative estimate of drug-likeness (QED) is 0.362. The largest absolute Gasteiger partial charge is 0.489 e. The third kappa shape index (κ3) is 4.53. The molecule has 3 aromatic carbocycles. The predicted octanol–water partition coefficient (Wildman–Crippen LogP) is 6.46. The topological polar surface area (TPSA) is 67.4 Å². The third-order valence-corrected chi connectivity index (χ3v) is 9.74. The number of fused-ring (bicyclic) bond motifs is 3. The molecule has 35 heavy (non-hydrogen) atoms. The maximum atomic E-state index is 13.1. The predicted molar refractivity (Wildman–Crippen MR) is 143 cm³/mol.